The number of nitriles is 1. The van der Waals surface area contributed by atoms with Crippen molar-refractivity contribution in [2.75, 3.05) is 18.5 Å². The number of nitrogens with zero attached hydrogens (tertiary/aromatic N) is 3. The maximum Gasteiger partial charge on any atom is 0.266 e. The molecule has 9 heteroatoms. The van der Waals surface area contributed by atoms with Gasteiger partial charge < -0.3 is 15.4 Å². The molecule has 1 unspecified atom stereocenters. The SMILES string of the molecule is Cc1ccc(-c2nn(-c3ccccc3)cc2/C=C(\C#N)C(=O)Nc2sc3c(c2C(=O)NCC2CCCO2)CCCC3)cc1. The summed E-state index contributed by atoms with van der Waals surface area (Å²) in [6, 6.07) is 19.7. The molecule has 2 aliphatic rings. The number of carbonyl (C=O) groups is 2. The Bertz CT molecular complexity index is 1710. The third-order valence-electron chi connectivity index (χ3n) is 7.89. The second-order valence-corrected chi connectivity index (χ2v) is 12.1. The number of anilines is 1. The minimum absolute atomic E-state index is 0.0177. The van der Waals surface area contributed by atoms with Crippen LogP contribution >= 0.6 is 11.3 Å². The summed E-state index contributed by atoms with van der Waals surface area (Å²) >= 11 is 1.44. The number of rotatable bonds is 8. The van der Waals surface area contributed by atoms with Gasteiger partial charge in [0, 0.05) is 35.4 Å². The van der Waals surface area contributed by atoms with Gasteiger partial charge >= 0.3 is 0 Å². The lowest BCUT2D eigenvalue weighted by atomic mass is 9.95. The average Bonchev–Trinajstić information content (AvgIpc) is 3.78. The van der Waals surface area contributed by atoms with E-state index in [2.05, 4.69) is 16.7 Å². The summed E-state index contributed by atoms with van der Waals surface area (Å²) in [6.07, 6.45) is 9.05. The molecule has 6 rings (SSSR count). The molecule has 0 radical (unpaired) electrons. The van der Waals surface area contributed by atoms with Gasteiger partial charge in [0.25, 0.3) is 11.8 Å². The number of hydrogen-bond acceptors (Lipinski definition) is 6. The third-order valence-corrected chi connectivity index (χ3v) is 9.10. The molecule has 2 aromatic carbocycles. The van der Waals surface area contributed by atoms with Crippen molar-refractivity contribution in [3.05, 3.63) is 93.5 Å². The van der Waals surface area contributed by atoms with Crippen LogP contribution < -0.4 is 10.6 Å². The van der Waals surface area contributed by atoms with Crippen molar-refractivity contribution < 1.29 is 14.3 Å². The van der Waals surface area contributed by atoms with Crippen molar-refractivity contribution in [3.8, 4) is 23.0 Å². The number of amides is 2. The van der Waals surface area contributed by atoms with Gasteiger partial charge in [-0.3, -0.25) is 9.59 Å². The van der Waals surface area contributed by atoms with Crippen molar-refractivity contribution in [1.29, 1.82) is 5.26 Å². The van der Waals surface area contributed by atoms with Gasteiger partial charge in [0.1, 0.15) is 16.6 Å². The highest BCUT2D eigenvalue weighted by molar-refractivity contribution is 7.17. The second kappa shape index (κ2) is 12.8. The van der Waals surface area contributed by atoms with Crippen molar-refractivity contribution in [2.45, 2.75) is 51.6 Å². The lowest BCUT2D eigenvalue weighted by Gasteiger charge is -2.15. The summed E-state index contributed by atoms with van der Waals surface area (Å²) in [5.74, 6) is -0.768. The van der Waals surface area contributed by atoms with Gasteiger partial charge in [-0.2, -0.15) is 10.4 Å². The molecule has 2 amide bonds. The molecule has 218 valence electrons. The number of carbonyl (C=O) groups excluding carboxylic acids is 2. The van der Waals surface area contributed by atoms with Crippen molar-refractivity contribution in [3.63, 3.8) is 0 Å². The van der Waals surface area contributed by atoms with E-state index in [4.69, 9.17) is 9.84 Å². The molecule has 2 aromatic heterocycles. The van der Waals surface area contributed by atoms with Gasteiger partial charge in [-0.25, -0.2) is 4.68 Å². The fourth-order valence-corrected chi connectivity index (χ4v) is 6.89. The third kappa shape index (κ3) is 6.31. The number of fused-ring (bicyclic) bond motifs is 1. The molecular formula is C34H33N5O3S. The Kier molecular flexibility index (Phi) is 8.50. The number of ether oxygens (including phenoxy) is 1. The van der Waals surface area contributed by atoms with E-state index in [0.29, 0.717) is 28.4 Å². The summed E-state index contributed by atoms with van der Waals surface area (Å²) in [4.78, 5) is 28.1. The number of para-hydroxylation sites is 1. The Hall–Kier alpha value is -4.52. The summed E-state index contributed by atoms with van der Waals surface area (Å²) in [7, 11) is 0. The van der Waals surface area contributed by atoms with E-state index < -0.39 is 5.91 Å². The molecule has 8 nitrogen and oxygen atoms in total. The molecule has 1 aliphatic carbocycles. The summed E-state index contributed by atoms with van der Waals surface area (Å²) in [6.45, 7) is 3.17. The van der Waals surface area contributed by atoms with Crippen LogP contribution in [0.2, 0.25) is 0 Å². The predicted octanol–water partition coefficient (Wildman–Crippen LogP) is 6.24. The molecule has 43 heavy (non-hydrogen) atoms. The highest BCUT2D eigenvalue weighted by Crippen LogP contribution is 2.38. The zero-order valence-electron chi connectivity index (χ0n) is 24.1. The Morgan fingerprint density at radius 2 is 1.91 bits per heavy atom. The molecule has 1 aliphatic heterocycles. The first kappa shape index (κ1) is 28.6. The Morgan fingerprint density at radius 1 is 1.12 bits per heavy atom. The van der Waals surface area contributed by atoms with E-state index >= 15 is 0 Å². The molecular weight excluding hydrogens is 558 g/mol. The molecule has 1 fully saturated rings. The van der Waals surface area contributed by atoms with E-state index in [-0.39, 0.29) is 17.6 Å². The summed E-state index contributed by atoms with van der Waals surface area (Å²) in [5.41, 5.74) is 5.60. The molecule has 1 atom stereocenters. The monoisotopic (exact) mass is 591 g/mol. The normalized spacial score (nSPS) is 16.4. The molecule has 4 aromatic rings. The zero-order valence-corrected chi connectivity index (χ0v) is 24.9. The maximum absolute atomic E-state index is 13.6. The maximum atomic E-state index is 13.6. The average molecular weight is 592 g/mol. The van der Waals surface area contributed by atoms with Crippen molar-refractivity contribution in [1.82, 2.24) is 15.1 Å². The molecule has 1 saturated heterocycles. The quantitative estimate of drug-likeness (QED) is 0.186. The van der Waals surface area contributed by atoms with Crippen LogP contribution in [-0.4, -0.2) is 40.9 Å². The van der Waals surface area contributed by atoms with Gasteiger partial charge in [0.15, 0.2) is 0 Å². The molecule has 2 N–H and O–H groups in total. The lowest BCUT2D eigenvalue weighted by Crippen LogP contribution is -2.32. The van der Waals surface area contributed by atoms with Crippen LogP contribution in [0.25, 0.3) is 23.0 Å². The number of aryl methyl sites for hydroxylation is 2. The largest absolute Gasteiger partial charge is 0.376 e. The first-order valence-corrected chi connectivity index (χ1v) is 15.5. The molecule has 3 heterocycles. The Balaban J connectivity index is 1.31. The van der Waals surface area contributed by atoms with E-state index in [1.165, 1.54) is 11.3 Å². The summed E-state index contributed by atoms with van der Waals surface area (Å²) < 4.78 is 7.42. The van der Waals surface area contributed by atoms with Crippen molar-refractivity contribution in [2.24, 2.45) is 0 Å². The number of nitrogens with one attached hydrogen (secondary N) is 2. The van der Waals surface area contributed by atoms with Crippen LogP contribution in [0.15, 0.2) is 66.4 Å². The van der Waals surface area contributed by atoms with Gasteiger partial charge in [0.05, 0.1) is 23.0 Å². The Labute approximate surface area is 255 Å². The standard InChI is InChI=1S/C34H33N5O3S/c1-22-13-15-23(16-14-22)31-25(21-39(38-31)26-8-3-2-4-9-26)18-24(19-35)32(40)37-34-30(28-11-5-6-12-29(28)43-34)33(41)36-20-27-10-7-17-42-27/h2-4,8-9,13-16,18,21,27H,5-7,10-12,17,20H2,1H3,(H,36,41)(H,37,40)/b24-18+. The predicted molar refractivity (Wildman–Crippen MR) is 168 cm³/mol. The fourth-order valence-electron chi connectivity index (χ4n) is 5.61. The summed E-state index contributed by atoms with van der Waals surface area (Å²) in [5, 5.41) is 21.4. The minimum atomic E-state index is -0.559. The van der Waals surface area contributed by atoms with E-state index in [1.54, 1.807) is 10.8 Å². The lowest BCUT2D eigenvalue weighted by molar-refractivity contribution is -0.112. The minimum Gasteiger partial charge on any atom is -0.376 e. The molecule has 0 saturated carbocycles. The molecule has 0 bridgehead atoms. The van der Waals surface area contributed by atoms with Crippen molar-refractivity contribution >= 4 is 34.2 Å². The topological polar surface area (TPSA) is 109 Å². The van der Waals surface area contributed by atoms with Crippen LogP contribution in [0, 0.1) is 18.3 Å². The van der Waals surface area contributed by atoms with Gasteiger partial charge in [0.2, 0.25) is 0 Å². The van der Waals surface area contributed by atoms with Crippen LogP contribution in [0.4, 0.5) is 5.00 Å². The first-order chi connectivity index (χ1) is 21.0. The van der Waals surface area contributed by atoms with Gasteiger partial charge in [-0.15, -0.1) is 11.3 Å². The number of benzene rings is 2. The fraction of sp³-hybridized carbons (Fsp3) is 0.294. The second-order valence-electron chi connectivity index (χ2n) is 11.0. The number of thiophene rings is 1. The number of aromatic nitrogens is 2. The van der Waals surface area contributed by atoms with E-state index in [9.17, 15) is 14.9 Å². The number of hydrogen-bond donors (Lipinski definition) is 2. The van der Waals surface area contributed by atoms with Crippen LogP contribution in [0.5, 0.6) is 0 Å². The van der Waals surface area contributed by atoms with Gasteiger partial charge in [-0.05, 0) is 69.2 Å². The van der Waals surface area contributed by atoms with E-state index in [0.717, 1.165) is 72.4 Å². The smallest absolute Gasteiger partial charge is 0.266 e. The van der Waals surface area contributed by atoms with E-state index in [1.807, 2.05) is 67.7 Å². The highest BCUT2D eigenvalue weighted by atomic mass is 32.1. The zero-order chi connectivity index (χ0) is 29.8. The van der Waals surface area contributed by atoms with Crippen LogP contribution in [-0.2, 0) is 22.4 Å². The van der Waals surface area contributed by atoms with Gasteiger partial charge in [-0.1, -0.05) is 48.0 Å². The van der Waals surface area contributed by atoms with Crippen LogP contribution in [0.1, 0.15) is 57.6 Å². The highest BCUT2D eigenvalue weighted by Gasteiger charge is 2.28. The van der Waals surface area contributed by atoms with Crippen LogP contribution in [0.3, 0.4) is 0 Å². The Morgan fingerprint density at radius 3 is 2.65 bits per heavy atom. The molecule has 0 spiro atoms. The first-order valence-electron chi connectivity index (χ1n) is 14.7.